The first-order valence-corrected chi connectivity index (χ1v) is 12.4. The quantitative estimate of drug-likeness (QED) is 0.571. The fourth-order valence-electron chi connectivity index (χ4n) is 5.89. The van der Waals surface area contributed by atoms with E-state index in [1.807, 2.05) is 28.8 Å². The van der Waals surface area contributed by atoms with E-state index in [4.69, 9.17) is 4.74 Å². The summed E-state index contributed by atoms with van der Waals surface area (Å²) < 4.78 is 7.00. The number of hydrogen-bond acceptors (Lipinski definition) is 5. The molecule has 1 aromatic carbocycles. The summed E-state index contributed by atoms with van der Waals surface area (Å²) >= 11 is 0. The van der Waals surface area contributed by atoms with Crippen LogP contribution in [0.25, 0.3) is 11.0 Å². The largest absolute Gasteiger partial charge is 0.461 e. The minimum atomic E-state index is -0.628. The zero-order valence-electron chi connectivity index (χ0n) is 19.9. The molecule has 1 aromatic heterocycles. The van der Waals surface area contributed by atoms with Crippen molar-refractivity contribution in [1.29, 1.82) is 0 Å². The van der Waals surface area contributed by atoms with Crippen molar-refractivity contribution >= 4 is 17.0 Å². The van der Waals surface area contributed by atoms with Crippen LogP contribution in [0.2, 0.25) is 0 Å². The number of carbonyl (C=O) groups excluding carboxylic acids is 1. The second kappa shape index (κ2) is 9.74. The number of rotatable bonds is 7. The van der Waals surface area contributed by atoms with E-state index in [2.05, 4.69) is 30.7 Å². The Morgan fingerprint density at radius 3 is 2.44 bits per heavy atom. The molecule has 0 spiro atoms. The van der Waals surface area contributed by atoms with E-state index in [0.29, 0.717) is 23.6 Å². The second-order valence-electron chi connectivity index (χ2n) is 9.98. The fourth-order valence-corrected chi connectivity index (χ4v) is 5.89. The molecule has 6 nitrogen and oxygen atoms in total. The maximum atomic E-state index is 13.5. The van der Waals surface area contributed by atoms with Crippen LogP contribution >= 0.6 is 0 Å². The van der Waals surface area contributed by atoms with E-state index in [9.17, 15) is 9.59 Å². The summed E-state index contributed by atoms with van der Waals surface area (Å²) in [5.41, 5.74) is 1.08. The molecule has 3 heterocycles. The Morgan fingerprint density at radius 1 is 1.09 bits per heavy atom. The zero-order chi connectivity index (χ0) is 22.8. The number of para-hydroxylation sites is 2. The molecule has 2 saturated heterocycles. The Morgan fingerprint density at radius 2 is 1.78 bits per heavy atom. The topological polar surface area (TPSA) is 64.4 Å². The van der Waals surface area contributed by atoms with Gasteiger partial charge in [0, 0.05) is 24.2 Å². The van der Waals surface area contributed by atoms with Gasteiger partial charge in [-0.3, -0.25) is 9.69 Å². The first-order chi connectivity index (χ1) is 15.4. The number of ether oxygens (including phenoxy) is 1. The monoisotopic (exact) mass is 439 g/mol. The Labute approximate surface area is 191 Å². The van der Waals surface area contributed by atoms with Crippen LogP contribution < -0.4 is 5.56 Å². The van der Waals surface area contributed by atoms with E-state index in [0.717, 1.165) is 24.3 Å². The highest BCUT2D eigenvalue weighted by Crippen LogP contribution is 2.41. The highest BCUT2D eigenvalue weighted by Gasteiger charge is 2.41. The molecule has 174 valence electrons. The predicted molar refractivity (Wildman–Crippen MR) is 127 cm³/mol. The lowest BCUT2D eigenvalue weighted by Crippen LogP contribution is -2.56. The van der Waals surface area contributed by atoms with Gasteiger partial charge in [0.1, 0.15) is 0 Å². The van der Waals surface area contributed by atoms with E-state index in [1.165, 1.54) is 32.1 Å². The van der Waals surface area contributed by atoms with Gasteiger partial charge in [-0.15, -0.1) is 0 Å². The highest BCUT2D eigenvalue weighted by atomic mass is 16.5. The van der Waals surface area contributed by atoms with Crippen LogP contribution in [0.1, 0.15) is 89.2 Å². The van der Waals surface area contributed by atoms with Crippen molar-refractivity contribution < 1.29 is 9.53 Å². The van der Waals surface area contributed by atoms with Crippen LogP contribution in [0.5, 0.6) is 0 Å². The fraction of sp³-hybridized carbons (Fsp3) is 0.654. The SMILES string of the molecule is CCOC(=O)c1nc2ccccc2n(C2CC3CCC[C@@H](C2)N3C(C)CCC(C)C)c1=O. The molecule has 0 saturated carbocycles. The van der Waals surface area contributed by atoms with Crippen molar-refractivity contribution in [3.8, 4) is 0 Å². The maximum absolute atomic E-state index is 13.5. The third kappa shape index (κ3) is 4.47. The summed E-state index contributed by atoms with van der Waals surface area (Å²) in [7, 11) is 0. The van der Waals surface area contributed by atoms with Crippen LogP contribution in [0, 0.1) is 5.92 Å². The average molecular weight is 440 g/mol. The molecular weight excluding hydrogens is 402 g/mol. The van der Waals surface area contributed by atoms with Gasteiger partial charge in [-0.1, -0.05) is 32.4 Å². The number of benzene rings is 1. The van der Waals surface area contributed by atoms with Crippen molar-refractivity contribution in [2.24, 2.45) is 5.92 Å². The summed E-state index contributed by atoms with van der Waals surface area (Å²) in [6, 6.07) is 9.27. The van der Waals surface area contributed by atoms with Gasteiger partial charge in [0.2, 0.25) is 5.69 Å². The molecule has 6 heteroatoms. The molecule has 2 fully saturated rings. The van der Waals surface area contributed by atoms with Gasteiger partial charge < -0.3 is 9.30 Å². The Kier molecular flexibility index (Phi) is 6.99. The van der Waals surface area contributed by atoms with E-state index in [-0.39, 0.29) is 23.9 Å². The lowest BCUT2D eigenvalue weighted by molar-refractivity contribution is -0.0155. The van der Waals surface area contributed by atoms with Gasteiger partial charge in [-0.25, -0.2) is 9.78 Å². The molecule has 0 amide bonds. The Balaban J connectivity index is 1.69. The molecule has 2 aliphatic rings. The molecule has 2 bridgehead atoms. The number of aromatic nitrogens is 2. The maximum Gasteiger partial charge on any atom is 0.362 e. The number of nitrogens with zero attached hydrogens (tertiary/aromatic N) is 3. The lowest BCUT2D eigenvalue weighted by Gasteiger charge is -2.52. The van der Waals surface area contributed by atoms with Crippen LogP contribution in [0.4, 0.5) is 0 Å². The third-order valence-corrected chi connectivity index (χ3v) is 7.31. The van der Waals surface area contributed by atoms with Crippen molar-refractivity contribution in [1.82, 2.24) is 14.5 Å². The number of esters is 1. The van der Waals surface area contributed by atoms with Gasteiger partial charge in [0.05, 0.1) is 17.6 Å². The second-order valence-corrected chi connectivity index (χ2v) is 9.98. The van der Waals surface area contributed by atoms with Gasteiger partial charge in [-0.2, -0.15) is 0 Å². The molecule has 4 rings (SSSR count). The molecule has 2 aromatic rings. The summed E-state index contributed by atoms with van der Waals surface area (Å²) in [4.78, 5) is 33.1. The molecule has 2 aliphatic heterocycles. The van der Waals surface area contributed by atoms with Crippen LogP contribution in [-0.4, -0.2) is 45.2 Å². The van der Waals surface area contributed by atoms with Gasteiger partial charge >= 0.3 is 5.97 Å². The molecular formula is C26H37N3O3. The summed E-state index contributed by atoms with van der Waals surface area (Å²) in [5.74, 6) is 0.0924. The van der Waals surface area contributed by atoms with Crippen molar-refractivity contribution in [2.45, 2.75) is 96.8 Å². The third-order valence-electron chi connectivity index (χ3n) is 7.31. The first-order valence-electron chi connectivity index (χ1n) is 12.4. The zero-order valence-corrected chi connectivity index (χ0v) is 19.9. The lowest BCUT2D eigenvalue weighted by atomic mass is 9.80. The molecule has 0 N–H and O–H groups in total. The summed E-state index contributed by atoms with van der Waals surface area (Å²) in [6.07, 6.45) is 7.98. The molecule has 4 atom stereocenters. The Bertz CT molecular complexity index is 1000. The minimum Gasteiger partial charge on any atom is -0.461 e. The van der Waals surface area contributed by atoms with Crippen LogP contribution in [-0.2, 0) is 4.74 Å². The smallest absolute Gasteiger partial charge is 0.362 e. The van der Waals surface area contributed by atoms with Crippen LogP contribution in [0.3, 0.4) is 0 Å². The minimum absolute atomic E-state index is 0.0763. The molecule has 0 aliphatic carbocycles. The summed E-state index contributed by atoms with van der Waals surface area (Å²) in [6.45, 7) is 8.93. The van der Waals surface area contributed by atoms with E-state index < -0.39 is 5.97 Å². The number of hydrogen-bond donors (Lipinski definition) is 0. The van der Waals surface area contributed by atoms with Crippen molar-refractivity contribution in [2.75, 3.05) is 6.61 Å². The Hall–Kier alpha value is -2.21. The van der Waals surface area contributed by atoms with Crippen molar-refractivity contribution in [3.05, 3.63) is 40.3 Å². The van der Waals surface area contributed by atoms with Gasteiger partial charge in [0.25, 0.3) is 5.56 Å². The van der Waals surface area contributed by atoms with Crippen molar-refractivity contribution in [3.63, 3.8) is 0 Å². The normalized spacial score (nSPS) is 24.6. The summed E-state index contributed by atoms with van der Waals surface area (Å²) in [5, 5.41) is 0. The van der Waals surface area contributed by atoms with E-state index >= 15 is 0 Å². The molecule has 32 heavy (non-hydrogen) atoms. The standard InChI is InChI=1S/C26H37N3O3/c1-5-32-26(31)24-25(30)29(23-12-7-6-11-22(23)27-24)21-15-19-9-8-10-20(16-21)28(19)18(4)14-13-17(2)3/h6-7,11-12,17-21H,5,8-10,13-16H2,1-4H3/t18?,19-,20?,21?/m0/s1. The van der Waals surface area contributed by atoms with E-state index in [1.54, 1.807) is 6.92 Å². The molecule has 0 radical (unpaired) electrons. The predicted octanol–water partition coefficient (Wildman–Crippen LogP) is 4.96. The average Bonchev–Trinajstić information content (AvgIpc) is 2.76. The highest BCUT2D eigenvalue weighted by molar-refractivity contribution is 5.89. The number of fused-ring (bicyclic) bond motifs is 3. The van der Waals surface area contributed by atoms with Gasteiger partial charge in [-0.05, 0) is 70.4 Å². The first kappa shape index (κ1) is 23.0. The molecule has 3 unspecified atom stereocenters. The van der Waals surface area contributed by atoms with Gasteiger partial charge in [0.15, 0.2) is 0 Å². The number of piperidine rings is 2. The number of carbonyl (C=O) groups is 1. The van der Waals surface area contributed by atoms with Crippen LogP contribution in [0.15, 0.2) is 29.1 Å².